The van der Waals surface area contributed by atoms with E-state index in [1.165, 1.54) is 25.0 Å². The van der Waals surface area contributed by atoms with Gasteiger partial charge >= 0.3 is 0 Å². The fourth-order valence-electron chi connectivity index (χ4n) is 2.96. The molecule has 1 saturated carbocycles. The van der Waals surface area contributed by atoms with Crippen LogP contribution in [-0.4, -0.2) is 32.0 Å². The highest BCUT2D eigenvalue weighted by Crippen LogP contribution is 2.32. The minimum absolute atomic E-state index is 0.515. The first-order valence-corrected chi connectivity index (χ1v) is 8.95. The Labute approximate surface area is 136 Å². The monoisotopic (exact) mass is 314 g/mol. The standard InChI is InChI=1S/C17H22N4S/c1-3-22-15-8-4-7-14(15)20-16-10-12(2)19-17(21-16)13-6-5-9-18-11-13/h5-6,9-11,14-15H,3-4,7-8H2,1-2H3,(H,19,20,21). The zero-order valence-electron chi connectivity index (χ0n) is 13.1. The van der Waals surface area contributed by atoms with Crippen LogP contribution in [-0.2, 0) is 0 Å². The van der Waals surface area contributed by atoms with E-state index in [-0.39, 0.29) is 0 Å². The second kappa shape index (κ2) is 7.09. The highest BCUT2D eigenvalue weighted by atomic mass is 32.2. The van der Waals surface area contributed by atoms with Crippen molar-refractivity contribution in [3.05, 3.63) is 36.3 Å². The molecule has 116 valence electrons. The molecule has 0 aromatic carbocycles. The van der Waals surface area contributed by atoms with Crippen molar-refractivity contribution in [2.24, 2.45) is 0 Å². The van der Waals surface area contributed by atoms with Crippen molar-refractivity contribution in [3.8, 4) is 11.4 Å². The van der Waals surface area contributed by atoms with Crippen LogP contribution < -0.4 is 5.32 Å². The number of pyridine rings is 1. The predicted molar refractivity (Wildman–Crippen MR) is 93.2 cm³/mol. The summed E-state index contributed by atoms with van der Waals surface area (Å²) in [6.45, 7) is 4.25. The molecule has 2 heterocycles. The van der Waals surface area contributed by atoms with E-state index < -0.39 is 0 Å². The average molecular weight is 314 g/mol. The number of rotatable bonds is 5. The molecule has 1 aliphatic rings. The van der Waals surface area contributed by atoms with Crippen molar-refractivity contribution in [3.63, 3.8) is 0 Å². The number of thioether (sulfide) groups is 1. The third-order valence-electron chi connectivity index (χ3n) is 3.94. The van der Waals surface area contributed by atoms with E-state index in [2.05, 4.69) is 34.0 Å². The Bertz CT molecular complexity index is 617. The Morgan fingerprint density at radius 2 is 2.23 bits per heavy atom. The smallest absolute Gasteiger partial charge is 0.163 e. The number of anilines is 1. The molecule has 1 fully saturated rings. The highest BCUT2D eigenvalue weighted by Gasteiger charge is 2.27. The van der Waals surface area contributed by atoms with Crippen molar-refractivity contribution in [1.29, 1.82) is 0 Å². The second-order valence-corrected chi connectivity index (χ2v) is 7.15. The minimum atomic E-state index is 0.515. The lowest BCUT2D eigenvalue weighted by molar-refractivity contribution is 0.761. The lowest BCUT2D eigenvalue weighted by Crippen LogP contribution is -2.26. The fourth-order valence-corrected chi connectivity index (χ4v) is 4.16. The van der Waals surface area contributed by atoms with Crippen molar-refractivity contribution >= 4 is 17.6 Å². The van der Waals surface area contributed by atoms with Gasteiger partial charge in [0.05, 0.1) is 0 Å². The maximum atomic E-state index is 4.69. The normalized spacial score (nSPS) is 21.0. The van der Waals surface area contributed by atoms with Crippen LogP contribution in [0.3, 0.4) is 0 Å². The van der Waals surface area contributed by atoms with Crippen LogP contribution in [0, 0.1) is 6.92 Å². The Balaban J connectivity index is 1.81. The van der Waals surface area contributed by atoms with Gasteiger partial charge in [0.25, 0.3) is 0 Å². The van der Waals surface area contributed by atoms with Crippen LogP contribution in [0.1, 0.15) is 31.9 Å². The molecule has 0 bridgehead atoms. The molecule has 0 aliphatic heterocycles. The Kier molecular flexibility index (Phi) is 4.93. The quantitative estimate of drug-likeness (QED) is 0.906. The molecule has 2 aromatic heterocycles. The molecular weight excluding hydrogens is 292 g/mol. The van der Waals surface area contributed by atoms with E-state index >= 15 is 0 Å². The fraction of sp³-hybridized carbons (Fsp3) is 0.471. The molecule has 5 heteroatoms. The van der Waals surface area contributed by atoms with Gasteiger partial charge in [-0.1, -0.05) is 13.3 Å². The Morgan fingerprint density at radius 3 is 3.00 bits per heavy atom. The minimum Gasteiger partial charge on any atom is -0.366 e. The molecule has 0 spiro atoms. The van der Waals surface area contributed by atoms with Crippen LogP contribution in [0.15, 0.2) is 30.6 Å². The highest BCUT2D eigenvalue weighted by molar-refractivity contribution is 7.99. The van der Waals surface area contributed by atoms with Crippen LogP contribution in [0.4, 0.5) is 5.82 Å². The average Bonchev–Trinajstić information content (AvgIpc) is 2.95. The second-order valence-electron chi connectivity index (χ2n) is 5.64. The molecule has 0 amide bonds. The van der Waals surface area contributed by atoms with Crippen molar-refractivity contribution in [2.75, 3.05) is 11.1 Å². The zero-order chi connectivity index (χ0) is 15.4. The third-order valence-corrected chi connectivity index (χ3v) is 5.27. The lowest BCUT2D eigenvalue weighted by Gasteiger charge is -2.21. The summed E-state index contributed by atoms with van der Waals surface area (Å²) < 4.78 is 0. The summed E-state index contributed by atoms with van der Waals surface area (Å²) in [6, 6.07) is 6.46. The number of nitrogens with zero attached hydrogens (tertiary/aromatic N) is 3. The van der Waals surface area contributed by atoms with Crippen LogP contribution in [0.25, 0.3) is 11.4 Å². The maximum Gasteiger partial charge on any atom is 0.163 e. The predicted octanol–water partition coefficient (Wildman–Crippen LogP) is 3.93. The molecule has 3 rings (SSSR count). The maximum absolute atomic E-state index is 4.69. The van der Waals surface area contributed by atoms with Crippen molar-refractivity contribution < 1.29 is 0 Å². The molecule has 4 nitrogen and oxygen atoms in total. The summed E-state index contributed by atoms with van der Waals surface area (Å²) in [5, 5.41) is 4.33. The number of hydrogen-bond acceptors (Lipinski definition) is 5. The van der Waals surface area contributed by atoms with Gasteiger partial charge < -0.3 is 5.32 Å². The van der Waals surface area contributed by atoms with Gasteiger partial charge in [-0.05, 0) is 37.7 Å². The van der Waals surface area contributed by atoms with E-state index in [4.69, 9.17) is 4.98 Å². The SMILES string of the molecule is CCSC1CCCC1Nc1cc(C)nc(-c2cccnc2)n1. The summed E-state index contributed by atoms with van der Waals surface area (Å²) in [4.78, 5) is 13.4. The molecule has 2 unspecified atom stereocenters. The molecule has 2 atom stereocenters. The Morgan fingerprint density at radius 1 is 1.32 bits per heavy atom. The number of aryl methyl sites for hydroxylation is 1. The van der Waals surface area contributed by atoms with Gasteiger partial charge in [0.2, 0.25) is 0 Å². The lowest BCUT2D eigenvalue weighted by atomic mass is 10.2. The van der Waals surface area contributed by atoms with E-state index in [9.17, 15) is 0 Å². The summed E-state index contributed by atoms with van der Waals surface area (Å²) in [5.74, 6) is 2.85. The van der Waals surface area contributed by atoms with Gasteiger partial charge in [-0.15, -0.1) is 0 Å². The molecule has 2 aromatic rings. The summed E-state index contributed by atoms with van der Waals surface area (Å²) in [6.07, 6.45) is 7.40. The van der Waals surface area contributed by atoms with E-state index in [0.717, 1.165) is 22.9 Å². The van der Waals surface area contributed by atoms with Crippen molar-refractivity contribution in [1.82, 2.24) is 15.0 Å². The van der Waals surface area contributed by atoms with Gasteiger partial charge in [-0.25, -0.2) is 9.97 Å². The van der Waals surface area contributed by atoms with Crippen LogP contribution >= 0.6 is 11.8 Å². The summed E-state index contributed by atoms with van der Waals surface area (Å²) in [5.41, 5.74) is 1.94. The summed E-state index contributed by atoms with van der Waals surface area (Å²) >= 11 is 2.06. The first-order valence-electron chi connectivity index (χ1n) is 7.90. The van der Waals surface area contributed by atoms with Gasteiger partial charge in [0, 0.05) is 41.0 Å². The van der Waals surface area contributed by atoms with E-state index in [0.29, 0.717) is 11.3 Å². The molecular formula is C17H22N4S. The molecule has 0 saturated heterocycles. The van der Waals surface area contributed by atoms with Gasteiger partial charge in [-0.2, -0.15) is 11.8 Å². The zero-order valence-corrected chi connectivity index (χ0v) is 13.9. The van der Waals surface area contributed by atoms with Crippen LogP contribution in [0.5, 0.6) is 0 Å². The number of nitrogens with one attached hydrogen (secondary N) is 1. The first-order chi connectivity index (χ1) is 10.8. The molecule has 1 N–H and O–H groups in total. The van der Waals surface area contributed by atoms with E-state index in [1.54, 1.807) is 6.20 Å². The summed E-state index contributed by atoms with van der Waals surface area (Å²) in [7, 11) is 0. The van der Waals surface area contributed by atoms with E-state index in [1.807, 2.05) is 31.3 Å². The van der Waals surface area contributed by atoms with Gasteiger partial charge in [0.15, 0.2) is 5.82 Å². The number of hydrogen-bond donors (Lipinski definition) is 1. The van der Waals surface area contributed by atoms with Crippen LogP contribution in [0.2, 0.25) is 0 Å². The van der Waals surface area contributed by atoms with Crippen molar-refractivity contribution in [2.45, 2.75) is 44.4 Å². The molecule has 22 heavy (non-hydrogen) atoms. The molecule has 1 aliphatic carbocycles. The third kappa shape index (κ3) is 3.58. The van der Waals surface area contributed by atoms with Gasteiger partial charge in [0.1, 0.15) is 5.82 Å². The molecule has 0 radical (unpaired) electrons. The topological polar surface area (TPSA) is 50.7 Å². The largest absolute Gasteiger partial charge is 0.366 e. The first kappa shape index (κ1) is 15.3. The Hall–Kier alpha value is -1.62. The van der Waals surface area contributed by atoms with Gasteiger partial charge in [-0.3, -0.25) is 4.98 Å². The number of aromatic nitrogens is 3.